The van der Waals surface area contributed by atoms with E-state index in [9.17, 15) is 4.79 Å². The second-order valence-electron chi connectivity index (χ2n) is 8.59. The summed E-state index contributed by atoms with van der Waals surface area (Å²) < 4.78 is 17.1. The highest BCUT2D eigenvalue weighted by molar-refractivity contribution is 6.30. The van der Waals surface area contributed by atoms with E-state index in [1.807, 2.05) is 0 Å². The number of amides is 1. The van der Waals surface area contributed by atoms with Crippen LogP contribution in [0.3, 0.4) is 0 Å². The molecular formula is C26H33ClN2O4. The lowest BCUT2D eigenvalue weighted by molar-refractivity contribution is -0.113. The van der Waals surface area contributed by atoms with E-state index in [4.69, 9.17) is 25.8 Å². The van der Waals surface area contributed by atoms with E-state index in [1.54, 1.807) is 49.6 Å². The SMILES string of the molecule is COc1ccc(NC(=O)C2=Cc3cc(Cl)ccc3OC2)cc1OCCCN(C(C)C)C(C)C. The van der Waals surface area contributed by atoms with Gasteiger partial charge in [0.25, 0.3) is 5.91 Å². The number of hydrogen-bond acceptors (Lipinski definition) is 5. The largest absolute Gasteiger partial charge is 0.493 e. The molecule has 0 saturated heterocycles. The van der Waals surface area contributed by atoms with Crippen LogP contribution in [0.5, 0.6) is 17.2 Å². The van der Waals surface area contributed by atoms with Gasteiger partial charge < -0.3 is 19.5 Å². The molecule has 0 bridgehead atoms. The van der Waals surface area contributed by atoms with Gasteiger partial charge >= 0.3 is 0 Å². The molecule has 6 nitrogen and oxygen atoms in total. The maximum atomic E-state index is 12.8. The molecule has 0 aromatic heterocycles. The Hall–Kier alpha value is -2.70. The van der Waals surface area contributed by atoms with Crippen molar-refractivity contribution in [2.45, 2.75) is 46.2 Å². The first-order chi connectivity index (χ1) is 15.8. The van der Waals surface area contributed by atoms with Crippen LogP contribution >= 0.6 is 11.6 Å². The molecule has 2 aromatic rings. The summed E-state index contributed by atoms with van der Waals surface area (Å²) in [7, 11) is 1.60. The number of nitrogens with zero attached hydrogens (tertiary/aromatic N) is 1. The highest BCUT2D eigenvalue weighted by Crippen LogP contribution is 2.32. The van der Waals surface area contributed by atoms with Gasteiger partial charge in [-0.3, -0.25) is 9.69 Å². The van der Waals surface area contributed by atoms with Gasteiger partial charge in [-0.2, -0.15) is 0 Å². The first-order valence-electron chi connectivity index (χ1n) is 11.3. The van der Waals surface area contributed by atoms with Gasteiger partial charge in [-0.25, -0.2) is 0 Å². The minimum absolute atomic E-state index is 0.197. The van der Waals surface area contributed by atoms with Gasteiger partial charge in [0.05, 0.1) is 19.3 Å². The third kappa shape index (κ3) is 6.65. The second-order valence-corrected chi connectivity index (χ2v) is 9.02. The number of hydrogen-bond donors (Lipinski definition) is 1. The lowest BCUT2D eigenvalue weighted by atomic mass is 10.1. The predicted octanol–water partition coefficient (Wildman–Crippen LogP) is 5.65. The molecule has 0 fully saturated rings. The molecule has 33 heavy (non-hydrogen) atoms. The Morgan fingerprint density at radius 2 is 1.88 bits per heavy atom. The lowest BCUT2D eigenvalue weighted by Crippen LogP contribution is -2.38. The van der Waals surface area contributed by atoms with E-state index in [0.717, 1.165) is 18.5 Å². The monoisotopic (exact) mass is 472 g/mol. The zero-order chi connectivity index (χ0) is 24.0. The van der Waals surface area contributed by atoms with Crippen LogP contribution in [0.2, 0.25) is 5.02 Å². The molecule has 0 radical (unpaired) electrons. The summed E-state index contributed by atoms with van der Waals surface area (Å²) in [5, 5.41) is 3.52. The van der Waals surface area contributed by atoms with Gasteiger partial charge in [0.1, 0.15) is 12.4 Å². The van der Waals surface area contributed by atoms with Gasteiger partial charge in [-0.15, -0.1) is 0 Å². The molecule has 0 atom stereocenters. The number of methoxy groups -OCH3 is 1. The third-order valence-electron chi connectivity index (χ3n) is 5.54. The molecule has 1 aliphatic heterocycles. The van der Waals surface area contributed by atoms with Crippen LogP contribution in [0.1, 0.15) is 39.7 Å². The van der Waals surface area contributed by atoms with Crippen molar-refractivity contribution in [3.05, 3.63) is 52.6 Å². The topological polar surface area (TPSA) is 60.0 Å². The zero-order valence-electron chi connectivity index (χ0n) is 20.0. The summed E-state index contributed by atoms with van der Waals surface area (Å²) in [6.07, 6.45) is 2.69. The average Bonchev–Trinajstić information content (AvgIpc) is 2.78. The van der Waals surface area contributed by atoms with Crippen LogP contribution in [-0.2, 0) is 4.79 Å². The Labute approximate surface area is 201 Å². The van der Waals surface area contributed by atoms with E-state index in [0.29, 0.717) is 52.2 Å². The van der Waals surface area contributed by atoms with E-state index in [1.165, 1.54) is 0 Å². The molecule has 1 aliphatic rings. The van der Waals surface area contributed by atoms with Crippen LogP contribution < -0.4 is 19.5 Å². The van der Waals surface area contributed by atoms with Crippen LogP contribution in [0, 0.1) is 0 Å². The van der Waals surface area contributed by atoms with Crippen molar-refractivity contribution in [2.24, 2.45) is 0 Å². The molecular weight excluding hydrogens is 440 g/mol. The predicted molar refractivity (Wildman–Crippen MR) is 134 cm³/mol. The number of carbonyl (C=O) groups excluding carboxylic acids is 1. The molecule has 2 aromatic carbocycles. The van der Waals surface area contributed by atoms with Crippen molar-refractivity contribution in [3.8, 4) is 17.2 Å². The fourth-order valence-corrected chi connectivity index (χ4v) is 4.08. The molecule has 0 unspecified atom stereocenters. The smallest absolute Gasteiger partial charge is 0.255 e. The summed E-state index contributed by atoms with van der Waals surface area (Å²) in [5.74, 6) is 1.70. The number of rotatable bonds is 10. The molecule has 0 aliphatic carbocycles. The van der Waals surface area contributed by atoms with Crippen molar-refractivity contribution in [3.63, 3.8) is 0 Å². The van der Waals surface area contributed by atoms with E-state index in [2.05, 4.69) is 37.9 Å². The van der Waals surface area contributed by atoms with Crippen LogP contribution in [0.25, 0.3) is 6.08 Å². The normalized spacial score (nSPS) is 12.9. The number of nitrogens with one attached hydrogen (secondary N) is 1. The molecule has 7 heteroatoms. The van der Waals surface area contributed by atoms with Crippen molar-refractivity contribution in [1.29, 1.82) is 0 Å². The van der Waals surface area contributed by atoms with Gasteiger partial charge in [0, 0.05) is 41.0 Å². The molecule has 0 spiro atoms. The molecule has 178 valence electrons. The molecule has 3 rings (SSSR count). The maximum Gasteiger partial charge on any atom is 0.255 e. The Kier molecular flexibility index (Phi) is 8.64. The fraction of sp³-hybridized carbons (Fsp3) is 0.423. The van der Waals surface area contributed by atoms with Gasteiger partial charge in [0.15, 0.2) is 11.5 Å². The van der Waals surface area contributed by atoms with E-state index < -0.39 is 0 Å². The van der Waals surface area contributed by atoms with Gasteiger partial charge in [0.2, 0.25) is 0 Å². The summed E-state index contributed by atoms with van der Waals surface area (Å²) in [6, 6.07) is 11.7. The van der Waals surface area contributed by atoms with Gasteiger partial charge in [-0.1, -0.05) is 11.6 Å². The molecule has 1 amide bonds. The lowest BCUT2D eigenvalue weighted by Gasteiger charge is -2.30. The summed E-state index contributed by atoms with van der Waals surface area (Å²) in [5.41, 5.74) is 1.93. The van der Waals surface area contributed by atoms with Crippen molar-refractivity contribution in [2.75, 3.05) is 32.2 Å². The first-order valence-corrected chi connectivity index (χ1v) is 11.7. The summed E-state index contributed by atoms with van der Waals surface area (Å²) >= 11 is 6.07. The molecule has 1 heterocycles. The number of anilines is 1. The quantitative estimate of drug-likeness (QED) is 0.453. The number of fused-ring (bicyclic) bond motifs is 1. The van der Waals surface area contributed by atoms with E-state index in [-0.39, 0.29) is 12.5 Å². The number of carbonyl (C=O) groups is 1. The first kappa shape index (κ1) is 24.9. The number of halogens is 1. The van der Waals surface area contributed by atoms with Crippen molar-refractivity contribution >= 4 is 29.3 Å². The van der Waals surface area contributed by atoms with Crippen LogP contribution in [0.15, 0.2) is 42.0 Å². The molecule has 1 N–H and O–H groups in total. The number of ether oxygens (including phenoxy) is 3. The van der Waals surface area contributed by atoms with Crippen LogP contribution in [0.4, 0.5) is 5.69 Å². The number of benzene rings is 2. The Morgan fingerprint density at radius 1 is 1.12 bits per heavy atom. The van der Waals surface area contributed by atoms with Crippen LogP contribution in [-0.4, -0.2) is 49.8 Å². The minimum atomic E-state index is -0.235. The maximum absolute atomic E-state index is 12.8. The highest BCUT2D eigenvalue weighted by atomic mass is 35.5. The fourth-order valence-electron chi connectivity index (χ4n) is 3.90. The van der Waals surface area contributed by atoms with Gasteiger partial charge in [-0.05, 0) is 70.5 Å². The Balaban J connectivity index is 1.64. The Bertz CT molecular complexity index is 996. The standard InChI is InChI=1S/C26H33ClN2O4/c1-17(2)29(18(3)4)11-6-12-32-25-15-22(8-10-24(25)31-5)28-26(30)20-13-19-14-21(27)7-9-23(19)33-16-20/h7-10,13-15,17-18H,6,11-12,16H2,1-5H3,(H,28,30). The van der Waals surface area contributed by atoms with Crippen molar-refractivity contribution in [1.82, 2.24) is 4.90 Å². The highest BCUT2D eigenvalue weighted by Gasteiger charge is 2.18. The second kappa shape index (κ2) is 11.4. The van der Waals surface area contributed by atoms with Crippen molar-refractivity contribution < 1.29 is 19.0 Å². The third-order valence-corrected chi connectivity index (χ3v) is 5.78. The van der Waals surface area contributed by atoms with E-state index >= 15 is 0 Å². The Morgan fingerprint density at radius 3 is 2.58 bits per heavy atom. The summed E-state index contributed by atoms with van der Waals surface area (Å²) in [6.45, 7) is 10.5. The molecule has 0 saturated carbocycles. The zero-order valence-corrected chi connectivity index (χ0v) is 20.7. The summed E-state index contributed by atoms with van der Waals surface area (Å²) in [4.78, 5) is 15.3. The average molecular weight is 473 g/mol. The minimum Gasteiger partial charge on any atom is -0.493 e.